The van der Waals surface area contributed by atoms with Gasteiger partial charge in [-0.05, 0) is 29.5 Å². The molecule has 0 aromatic heterocycles. The number of nitrogens with two attached hydrogens (primary N) is 2. The van der Waals surface area contributed by atoms with Crippen molar-refractivity contribution in [1.82, 2.24) is 20.9 Å². The van der Waals surface area contributed by atoms with Gasteiger partial charge in [0.2, 0.25) is 23.3 Å². The van der Waals surface area contributed by atoms with Crippen LogP contribution >= 0.6 is 0 Å². The van der Waals surface area contributed by atoms with Crippen LogP contribution in [-0.4, -0.2) is 92.0 Å². The Morgan fingerprint density at radius 3 is 2.53 bits per heavy atom. The smallest absolute Gasteiger partial charge is 0.346 e. The summed E-state index contributed by atoms with van der Waals surface area (Å²) >= 11 is 0. The fourth-order valence-electron chi connectivity index (χ4n) is 6.26. The van der Waals surface area contributed by atoms with Gasteiger partial charge in [-0.1, -0.05) is 32.9 Å². The van der Waals surface area contributed by atoms with Crippen molar-refractivity contribution in [3.63, 3.8) is 0 Å². The lowest BCUT2D eigenvalue weighted by atomic mass is 9.82. The average molecular weight is 528 g/mol. The van der Waals surface area contributed by atoms with Crippen LogP contribution in [0.3, 0.4) is 0 Å². The van der Waals surface area contributed by atoms with E-state index in [4.69, 9.17) is 11.5 Å². The molecular formula is C25H35N8O5+. The van der Waals surface area contributed by atoms with E-state index >= 15 is 0 Å². The van der Waals surface area contributed by atoms with Gasteiger partial charge in [-0.15, -0.1) is 0 Å². The van der Waals surface area contributed by atoms with Crippen LogP contribution in [0.4, 0.5) is 0 Å². The molecule has 3 unspecified atom stereocenters. The zero-order chi connectivity index (χ0) is 27.8. The van der Waals surface area contributed by atoms with Crippen LogP contribution in [0, 0.1) is 6.92 Å². The number of aliphatic hydroxyl groups is 2. The molecule has 1 aromatic rings. The number of likely N-dealkylation sites (tertiary alicyclic amines) is 1. The first-order valence-corrected chi connectivity index (χ1v) is 12.7. The lowest BCUT2D eigenvalue weighted by molar-refractivity contribution is -0.623. The normalized spacial score (nSPS) is 30.0. The lowest BCUT2D eigenvalue weighted by Gasteiger charge is -2.44. The molecule has 0 aliphatic carbocycles. The summed E-state index contributed by atoms with van der Waals surface area (Å²) in [5, 5.41) is 32.0. The number of hydrogen-bond donors (Lipinski definition) is 7. The Hall–Kier alpha value is -3.71. The Kier molecular flexibility index (Phi) is 5.73. The number of imide groups is 1. The van der Waals surface area contributed by atoms with Crippen LogP contribution in [0.25, 0.3) is 0 Å². The Bertz CT molecular complexity index is 1280. The number of benzene rings is 1. The van der Waals surface area contributed by atoms with Gasteiger partial charge in [0.15, 0.2) is 5.96 Å². The molecule has 2 saturated heterocycles. The highest BCUT2D eigenvalue weighted by molar-refractivity contribution is 6.02. The van der Waals surface area contributed by atoms with E-state index in [2.05, 4.69) is 41.7 Å². The van der Waals surface area contributed by atoms with E-state index < -0.39 is 35.5 Å². The molecule has 0 radical (unpaired) electrons. The third-order valence-corrected chi connectivity index (χ3v) is 8.09. The van der Waals surface area contributed by atoms with Crippen molar-refractivity contribution in [3.05, 3.63) is 34.9 Å². The van der Waals surface area contributed by atoms with Gasteiger partial charge in [0.05, 0.1) is 13.1 Å². The zero-order valence-corrected chi connectivity index (χ0v) is 21.9. The second-order valence-electron chi connectivity index (χ2n) is 11.5. The Labute approximate surface area is 220 Å². The molecular weight excluding hydrogens is 492 g/mol. The van der Waals surface area contributed by atoms with E-state index in [1.807, 2.05) is 13.0 Å². The first-order chi connectivity index (χ1) is 17.7. The van der Waals surface area contributed by atoms with E-state index in [0.717, 1.165) is 16.0 Å². The molecule has 4 atom stereocenters. The number of amides is 3. The Morgan fingerprint density at radius 2 is 1.89 bits per heavy atom. The summed E-state index contributed by atoms with van der Waals surface area (Å²) in [6.45, 7) is 7.87. The van der Waals surface area contributed by atoms with Gasteiger partial charge in [0.1, 0.15) is 18.1 Å². The number of carbonyl (C=O) groups excluding carboxylic acids is 3. The van der Waals surface area contributed by atoms with Crippen LogP contribution in [-0.2, 0) is 15.0 Å². The summed E-state index contributed by atoms with van der Waals surface area (Å²) in [7, 11) is 0. The number of nitrogens with one attached hydrogen (secondary N) is 3. The molecule has 2 fully saturated rings. The predicted molar refractivity (Wildman–Crippen MR) is 137 cm³/mol. The first-order valence-electron chi connectivity index (χ1n) is 12.7. The van der Waals surface area contributed by atoms with Crippen molar-refractivity contribution in [2.75, 3.05) is 13.1 Å². The summed E-state index contributed by atoms with van der Waals surface area (Å²) in [5.41, 5.74) is 12.6. The average Bonchev–Trinajstić information content (AvgIpc) is 3.41. The summed E-state index contributed by atoms with van der Waals surface area (Å²) in [6, 6.07) is 2.54. The number of nitrogens with zero attached hydrogens (tertiary/aromatic N) is 3. The monoisotopic (exact) mass is 527 g/mol. The summed E-state index contributed by atoms with van der Waals surface area (Å²) in [4.78, 5) is 43.5. The molecule has 1 spiro atoms. The van der Waals surface area contributed by atoms with E-state index in [1.165, 1.54) is 4.58 Å². The van der Waals surface area contributed by atoms with E-state index in [1.54, 1.807) is 12.1 Å². The molecule has 1 aromatic carbocycles. The van der Waals surface area contributed by atoms with Gasteiger partial charge >= 0.3 is 5.96 Å². The van der Waals surface area contributed by atoms with Crippen molar-refractivity contribution in [2.45, 2.75) is 75.5 Å². The van der Waals surface area contributed by atoms with Gasteiger partial charge in [-0.3, -0.25) is 30.3 Å². The molecule has 0 saturated carbocycles. The zero-order valence-electron chi connectivity index (χ0n) is 21.9. The molecule has 9 N–H and O–H groups in total. The fourth-order valence-corrected chi connectivity index (χ4v) is 6.26. The summed E-state index contributed by atoms with van der Waals surface area (Å²) in [5.74, 6) is -3.71. The molecule has 0 bridgehead atoms. The highest BCUT2D eigenvalue weighted by Crippen LogP contribution is 2.42. The minimum atomic E-state index is -2.60. The third kappa shape index (κ3) is 3.63. The SMILES string of the molecule is Cc1c(C(=O)NC2C[N+]3=C(N)N[C@@H](CN4C(=O)CCC4=O)C4N=C(N)NC43C2(O)O)cccc1C(C)(C)C. The number of rotatable bonds is 4. The number of hydrogen-bond acceptors (Lipinski definition) is 10. The van der Waals surface area contributed by atoms with Crippen LogP contribution in [0.1, 0.15) is 55.1 Å². The van der Waals surface area contributed by atoms with Gasteiger partial charge < -0.3 is 26.6 Å². The van der Waals surface area contributed by atoms with Gasteiger partial charge in [-0.2, -0.15) is 0 Å². The van der Waals surface area contributed by atoms with Crippen LogP contribution in [0.15, 0.2) is 23.2 Å². The standard InChI is InChI=1S/C25H34N8O5/c1-12-13(6-5-7-14(12)23(2,3)4)20(36)29-16-11-33-22(27)28-15(10-32-17(34)8-9-18(32)35)19-24(33,25(16,37)38)31-21(26)30-19/h5-7,15-16,19,37-38H,8-11H2,1-4H3,(H6,26,27,28,29,30,31,36)/p+1/t15-,16?,19?,24?/m0/s1. The number of guanidine groups is 2. The predicted octanol–water partition coefficient (Wildman–Crippen LogP) is -2.48. The number of carbonyl (C=O) groups is 3. The quantitative estimate of drug-likeness (QED) is 0.126. The third-order valence-electron chi connectivity index (χ3n) is 8.09. The Morgan fingerprint density at radius 1 is 1.24 bits per heavy atom. The molecule has 3 amide bonds. The van der Waals surface area contributed by atoms with Crippen molar-refractivity contribution < 1.29 is 29.2 Å². The highest BCUT2D eigenvalue weighted by Gasteiger charge is 2.75. The van der Waals surface area contributed by atoms with Gasteiger partial charge in [0, 0.05) is 18.4 Å². The molecule has 38 heavy (non-hydrogen) atoms. The van der Waals surface area contributed by atoms with Crippen LogP contribution in [0.2, 0.25) is 0 Å². The maximum atomic E-state index is 13.4. The molecule has 13 nitrogen and oxygen atoms in total. The largest absolute Gasteiger partial charge is 0.370 e. The maximum Gasteiger partial charge on any atom is 0.346 e. The molecule has 4 heterocycles. The van der Waals surface area contributed by atoms with Crippen molar-refractivity contribution in [2.24, 2.45) is 16.5 Å². The summed E-state index contributed by atoms with van der Waals surface area (Å²) < 4.78 is 1.48. The minimum Gasteiger partial charge on any atom is -0.370 e. The van der Waals surface area contributed by atoms with E-state index in [9.17, 15) is 24.6 Å². The second-order valence-corrected chi connectivity index (χ2v) is 11.5. The maximum absolute atomic E-state index is 13.4. The van der Waals surface area contributed by atoms with Gasteiger partial charge in [0.25, 0.3) is 5.91 Å². The van der Waals surface area contributed by atoms with Crippen LogP contribution < -0.4 is 27.4 Å². The first kappa shape index (κ1) is 25.9. The van der Waals surface area contributed by atoms with E-state index in [-0.39, 0.29) is 55.1 Å². The van der Waals surface area contributed by atoms with Crippen molar-refractivity contribution >= 4 is 29.6 Å². The van der Waals surface area contributed by atoms with Crippen molar-refractivity contribution in [3.8, 4) is 0 Å². The number of aliphatic imine (C=N–C) groups is 1. The summed E-state index contributed by atoms with van der Waals surface area (Å²) in [6.07, 6.45) is 0.231. The van der Waals surface area contributed by atoms with Crippen LogP contribution in [0.5, 0.6) is 0 Å². The fraction of sp³-hybridized carbons (Fsp3) is 0.560. The topological polar surface area (TPSA) is 198 Å². The second kappa shape index (κ2) is 8.40. The minimum absolute atomic E-state index is 0.0613. The Balaban J connectivity index is 1.47. The molecule has 5 rings (SSSR count). The molecule has 4 aliphatic heterocycles. The molecule has 4 aliphatic rings. The lowest BCUT2D eigenvalue weighted by Crippen LogP contribution is -2.79. The molecule has 204 valence electrons. The highest BCUT2D eigenvalue weighted by atomic mass is 16.5. The van der Waals surface area contributed by atoms with E-state index in [0.29, 0.717) is 5.56 Å². The molecule has 13 heteroatoms. The van der Waals surface area contributed by atoms with Gasteiger partial charge in [-0.25, -0.2) is 9.57 Å². The van der Waals surface area contributed by atoms with Crippen molar-refractivity contribution in [1.29, 1.82) is 0 Å².